The van der Waals surface area contributed by atoms with Crippen LogP contribution in [0, 0.1) is 10.1 Å². The van der Waals surface area contributed by atoms with Crippen molar-refractivity contribution in [2.24, 2.45) is 0 Å². The molecular weight excluding hydrogens is 398 g/mol. The van der Waals surface area contributed by atoms with Crippen molar-refractivity contribution >= 4 is 11.7 Å². The molecule has 7 heteroatoms. The van der Waals surface area contributed by atoms with Crippen LogP contribution in [0.25, 0.3) is 0 Å². The Kier molecular flexibility index (Phi) is 6.87. The van der Waals surface area contributed by atoms with Gasteiger partial charge in [-0.15, -0.1) is 0 Å². The number of nitro groups is 1. The molecule has 0 fully saturated rings. The number of carbonyl (C=O) groups excluding carboxylic acids is 1. The number of rotatable bonds is 8. The highest BCUT2D eigenvalue weighted by molar-refractivity contribution is 5.71. The van der Waals surface area contributed by atoms with Gasteiger partial charge in [0.05, 0.1) is 19.1 Å². The molecule has 160 valence electrons. The number of nitro benzene ring substituents is 1. The van der Waals surface area contributed by atoms with Crippen LogP contribution in [-0.2, 0) is 17.6 Å². The minimum Gasteiger partial charge on any atom is -0.496 e. The highest BCUT2D eigenvalue weighted by atomic mass is 16.6. The van der Waals surface area contributed by atoms with E-state index in [4.69, 9.17) is 14.2 Å². The molecule has 0 unspecified atom stereocenters. The molecule has 0 heterocycles. The van der Waals surface area contributed by atoms with Gasteiger partial charge in [-0.05, 0) is 23.3 Å². The number of nitrogens with zero attached hydrogens (tertiary/aromatic N) is 1. The summed E-state index contributed by atoms with van der Waals surface area (Å²) >= 11 is 0. The Bertz CT molecular complexity index is 1040. The maximum absolute atomic E-state index is 11.9. The van der Waals surface area contributed by atoms with Gasteiger partial charge >= 0.3 is 5.97 Å². The topological polar surface area (TPSA) is 87.9 Å². The molecular formula is C24H23NO6. The fraction of sp³-hybridized carbons (Fsp3) is 0.208. The van der Waals surface area contributed by atoms with E-state index in [1.54, 1.807) is 14.2 Å². The molecule has 0 spiro atoms. The van der Waals surface area contributed by atoms with Gasteiger partial charge < -0.3 is 14.2 Å². The summed E-state index contributed by atoms with van der Waals surface area (Å²) < 4.78 is 16.4. The number of benzene rings is 3. The molecule has 0 saturated heterocycles. The summed E-state index contributed by atoms with van der Waals surface area (Å²) in [6.07, 6.45) is 0.598. The van der Waals surface area contributed by atoms with E-state index in [0.717, 1.165) is 11.1 Å². The monoisotopic (exact) mass is 421 g/mol. The zero-order valence-corrected chi connectivity index (χ0v) is 17.6. The molecule has 0 aliphatic rings. The minimum atomic E-state index is -0.503. The molecule has 0 aromatic heterocycles. The second-order valence-corrected chi connectivity index (χ2v) is 6.92. The van der Waals surface area contributed by atoms with Crippen LogP contribution >= 0.6 is 0 Å². The van der Waals surface area contributed by atoms with Gasteiger partial charge in [-0.1, -0.05) is 36.4 Å². The molecule has 31 heavy (non-hydrogen) atoms. The van der Waals surface area contributed by atoms with Crippen molar-refractivity contribution in [2.45, 2.75) is 19.8 Å². The summed E-state index contributed by atoms with van der Waals surface area (Å²) in [5, 5.41) is 11.6. The summed E-state index contributed by atoms with van der Waals surface area (Å²) in [5.41, 5.74) is 2.62. The number of hydrogen-bond acceptors (Lipinski definition) is 6. The van der Waals surface area contributed by atoms with E-state index in [1.165, 1.54) is 19.1 Å². The zero-order chi connectivity index (χ0) is 22.4. The SMILES string of the molecule is COc1ccccc1Cc1cc([N+](=O)[O-])cc(Cc2ccccc2OC)c1OC(C)=O. The predicted octanol–water partition coefficient (Wildman–Crippen LogP) is 4.72. The van der Waals surface area contributed by atoms with Gasteiger partial charge in [0.25, 0.3) is 5.69 Å². The lowest BCUT2D eigenvalue weighted by molar-refractivity contribution is -0.385. The number of methoxy groups -OCH3 is 2. The highest BCUT2D eigenvalue weighted by Crippen LogP contribution is 2.36. The fourth-order valence-corrected chi connectivity index (χ4v) is 3.49. The Balaban J connectivity index is 2.16. The first-order valence-corrected chi connectivity index (χ1v) is 9.65. The molecule has 3 aromatic carbocycles. The van der Waals surface area contributed by atoms with E-state index >= 15 is 0 Å². The van der Waals surface area contributed by atoms with E-state index in [1.807, 2.05) is 48.5 Å². The summed E-state index contributed by atoms with van der Waals surface area (Å²) in [6.45, 7) is 1.31. The Morgan fingerprint density at radius 2 is 1.29 bits per heavy atom. The standard InChI is InChI=1S/C24H23NO6/c1-16(26)31-24-19(12-17-8-4-6-10-22(17)29-2)14-21(25(27)28)15-20(24)13-18-9-5-7-11-23(18)30-3/h4-11,14-15H,12-13H2,1-3H3. The van der Waals surface area contributed by atoms with Crippen molar-refractivity contribution in [3.8, 4) is 17.2 Å². The average molecular weight is 421 g/mol. The normalized spacial score (nSPS) is 10.4. The predicted molar refractivity (Wildman–Crippen MR) is 116 cm³/mol. The van der Waals surface area contributed by atoms with Crippen LogP contribution in [-0.4, -0.2) is 25.1 Å². The molecule has 0 bridgehead atoms. The van der Waals surface area contributed by atoms with Crippen molar-refractivity contribution in [1.82, 2.24) is 0 Å². The van der Waals surface area contributed by atoms with Crippen LogP contribution in [0.1, 0.15) is 29.2 Å². The highest BCUT2D eigenvalue weighted by Gasteiger charge is 2.21. The molecule has 0 N–H and O–H groups in total. The first-order valence-electron chi connectivity index (χ1n) is 9.65. The maximum atomic E-state index is 11.9. The molecule has 0 radical (unpaired) electrons. The van der Waals surface area contributed by atoms with Crippen LogP contribution in [0.2, 0.25) is 0 Å². The van der Waals surface area contributed by atoms with Gasteiger partial charge in [0, 0.05) is 43.0 Å². The molecule has 0 aliphatic heterocycles. The number of esters is 1. The van der Waals surface area contributed by atoms with Gasteiger partial charge in [-0.25, -0.2) is 0 Å². The van der Waals surface area contributed by atoms with Crippen LogP contribution in [0.3, 0.4) is 0 Å². The first-order chi connectivity index (χ1) is 14.9. The molecule has 7 nitrogen and oxygen atoms in total. The third kappa shape index (κ3) is 5.19. The van der Waals surface area contributed by atoms with Crippen molar-refractivity contribution in [1.29, 1.82) is 0 Å². The zero-order valence-electron chi connectivity index (χ0n) is 17.6. The Morgan fingerprint density at radius 1 is 0.839 bits per heavy atom. The van der Waals surface area contributed by atoms with Crippen LogP contribution in [0.4, 0.5) is 5.69 Å². The Labute approximate surface area is 180 Å². The van der Waals surface area contributed by atoms with E-state index in [2.05, 4.69) is 0 Å². The summed E-state index contributed by atoms with van der Waals surface area (Å²) in [5.74, 6) is 1.11. The molecule has 0 aliphatic carbocycles. The van der Waals surface area contributed by atoms with Gasteiger partial charge in [0.1, 0.15) is 17.2 Å². The maximum Gasteiger partial charge on any atom is 0.308 e. The van der Waals surface area contributed by atoms with E-state index in [9.17, 15) is 14.9 Å². The fourth-order valence-electron chi connectivity index (χ4n) is 3.49. The summed E-state index contributed by atoms with van der Waals surface area (Å²) in [4.78, 5) is 23.1. The molecule has 3 aromatic rings. The summed E-state index contributed by atoms with van der Waals surface area (Å²) in [7, 11) is 3.12. The lowest BCUT2D eigenvalue weighted by atomic mass is 9.96. The van der Waals surface area contributed by atoms with Gasteiger partial charge in [0.2, 0.25) is 0 Å². The first kappa shape index (κ1) is 21.8. The number of hydrogen-bond donors (Lipinski definition) is 0. The van der Waals surface area contributed by atoms with E-state index < -0.39 is 10.9 Å². The second-order valence-electron chi connectivity index (χ2n) is 6.92. The van der Waals surface area contributed by atoms with E-state index in [0.29, 0.717) is 41.2 Å². The quantitative estimate of drug-likeness (QED) is 0.226. The van der Waals surface area contributed by atoms with Gasteiger partial charge in [-0.2, -0.15) is 0 Å². The Morgan fingerprint density at radius 3 is 1.68 bits per heavy atom. The lowest BCUT2D eigenvalue weighted by Gasteiger charge is -2.16. The second kappa shape index (κ2) is 9.75. The molecule has 0 amide bonds. The van der Waals surface area contributed by atoms with Crippen LogP contribution in [0.15, 0.2) is 60.7 Å². The average Bonchev–Trinajstić information content (AvgIpc) is 2.76. The van der Waals surface area contributed by atoms with Crippen molar-refractivity contribution in [3.05, 3.63) is 93.0 Å². The smallest absolute Gasteiger partial charge is 0.308 e. The molecule has 0 saturated carbocycles. The third-order valence-electron chi connectivity index (χ3n) is 4.83. The molecule has 3 rings (SSSR count). The summed E-state index contributed by atoms with van der Waals surface area (Å²) in [6, 6.07) is 17.7. The number of carbonyl (C=O) groups is 1. The van der Waals surface area contributed by atoms with Crippen molar-refractivity contribution in [3.63, 3.8) is 0 Å². The van der Waals surface area contributed by atoms with Crippen molar-refractivity contribution < 1.29 is 23.9 Å². The van der Waals surface area contributed by atoms with Crippen LogP contribution < -0.4 is 14.2 Å². The number of non-ortho nitro benzene ring substituents is 1. The lowest BCUT2D eigenvalue weighted by Crippen LogP contribution is -2.09. The molecule has 0 atom stereocenters. The van der Waals surface area contributed by atoms with Gasteiger partial charge in [0.15, 0.2) is 0 Å². The largest absolute Gasteiger partial charge is 0.496 e. The van der Waals surface area contributed by atoms with Crippen LogP contribution in [0.5, 0.6) is 17.2 Å². The number of ether oxygens (including phenoxy) is 3. The van der Waals surface area contributed by atoms with Gasteiger partial charge in [-0.3, -0.25) is 14.9 Å². The van der Waals surface area contributed by atoms with E-state index in [-0.39, 0.29) is 5.69 Å². The third-order valence-corrected chi connectivity index (χ3v) is 4.83. The number of para-hydroxylation sites is 2. The Hall–Kier alpha value is -3.87. The van der Waals surface area contributed by atoms with Crippen molar-refractivity contribution in [2.75, 3.05) is 14.2 Å². The minimum absolute atomic E-state index is 0.0781.